The Kier molecular flexibility index (Phi) is 3.32. The van der Waals surface area contributed by atoms with Crippen LogP contribution in [0.15, 0.2) is 42.6 Å². The van der Waals surface area contributed by atoms with Crippen LogP contribution in [0.1, 0.15) is 24.2 Å². The van der Waals surface area contributed by atoms with Crippen LogP contribution in [0.2, 0.25) is 0 Å². The van der Waals surface area contributed by atoms with Crippen molar-refractivity contribution in [2.75, 3.05) is 11.4 Å². The molecule has 1 aromatic carbocycles. The van der Waals surface area contributed by atoms with Gasteiger partial charge in [-0.15, -0.1) is 0 Å². The Hall–Kier alpha value is -2.83. The summed E-state index contributed by atoms with van der Waals surface area (Å²) in [6, 6.07) is 3.29. The topological polar surface area (TPSA) is 27.5 Å². The largest absolute Gasteiger partial charge is 0.336 e. The number of allylic oxidation sites excluding steroid dienone is 1. The molecule has 5 rings (SSSR count). The van der Waals surface area contributed by atoms with E-state index in [0.29, 0.717) is 12.2 Å². The molecule has 0 N–H and O–H groups in total. The van der Waals surface area contributed by atoms with Crippen LogP contribution in [0.3, 0.4) is 0 Å². The van der Waals surface area contributed by atoms with Gasteiger partial charge in [-0.2, -0.15) is 0 Å². The van der Waals surface area contributed by atoms with Crippen LogP contribution in [0, 0.1) is 18.6 Å². The van der Waals surface area contributed by atoms with Gasteiger partial charge in [-0.25, -0.2) is 13.8 Å². The van der Waals surface area contributed by atoms with Crippen molar-refractivity contribution in [3.8, 4) is 0 Å². The standard InChI is InChI=1S/C19H19F2N5/c1-13-4-5-15(18(21)17(13)20)26-11-14-3-2-8-25(14)19(26)24-9-6-16-22-7-10-23(16)12-24/h4-7,9-11,19H,2-3,8,12H2,1H3. The van der Waals surface area contributed by atoms with Gasteiger partial charge in [0.2, 0.25) is 0 Å². The quantitative estimate of drug-likeness (QED) is 0.825. The van der Waals surface area contributed by atoms with E-state index in [-0.39, 0.29) is 12.0 Å². The number of nitrogens with zero attached hydrogens (tertiary/aromatic N) is 5. The van der Waals surface area contributed by atoms with E-state index in [4.69, 9.17) is 0 Å². The Bertz CT molecular complexity index is 932. The molecule has 2 aromatic rings. The predicted molar refractivity (Wildman–Crippen MR) is 94.5 cm³/mol. The second-order valence-corrected chi connectivity index (χ2v) is 6.93. The molecule has 1 unspecified atom stereocenters. The smallest absolute Gasteiger partial charge is 0.186 e. The van der Waals surface area contributed by atoms with E-state index in [0.717, 1.165) is 25.2 Å². The van der Waals surface area contributed by atoms with Gasteiger partial charge in [-0.3, -0.25) is 0 Å². The second-order valence-electron chi connectivity index (χ2n) is 6.93. The molecule has 7 heteroatoms. The van der Waals surface area contributed by atoms with Gasteiger partial charge >= 0.3 is 0 Å². The SMILES string of the molecule is Cc1ccc(N2C=C3CCCN3C2N2C=Cc3nccn3C2)c(F)c1F. The predicted octanol–water partition coefficient (Wildman–Crippen LogP) is 3.45. The van der Waals surface area contributed by atoms with Crippen molar-refractivity contribution >= 4 is 11.8 Å². The van der Waals surface area contributed by atoms with Crippen LogP contribution in [0.5, 0.6) is 0 Å². The van der Waals surface area contributed by atoms with Gasteiger partial charge < -0.3 is 19.3 Å². The fourth-order valence-electron chi connectivity index (χ4n) is 4.00. The lowest BCUT2D eigenvalue weighted by molar-refractivity contribution is 0.110. The minimum atomic E-state index is -0.794. The summed E-state index contributed by atoms with van der Waals surface area (Å²) in [4.78, 5) is 10.5. The number of imidazole rings is 1. The minimum Gasteiger partial charge on any atom is -0.336 e. The normalized spacial score (nSPS) is 21.3. The highest BCUT2D eigenvalue weighted by atomic mass is 19.2. The number of aryl methyl sites for hydroxylation is 1. The molecule has 0 bridgehead atoms. The Labute approximate surface area is 150 Å². The van der Waals surface area contributed by atoms with Gasteiger partial charge in [0.05, 0.1) is 12.4 Å². The number of hydrogen-bond acceptors (Lipinski definition) is 4. The average molecular weight is 355 g/mol. The van der Waals surface area contributed by atoms with Gasteiger partial charge in [-0.1, -0.05) is 6.07 Å². The van der Waals surface area contributed by atoms with Crippen LogP contribution < -0.4 is 4.90 Å². The summed E-state index contributed by atoms with van der Waals surface area (Å²) in [6.07, 6.45) is 11.4. The fourth-order valence-corrected chi connectivity index (χ4v) is 4.00. The highest BCUT2D eigenvalue weighted by molar-refractivity contribution is 5.56. The summed E-state index contributed by atoms with van der Waals surface area (Å²) in [5, 5.41) is 0. The highest BCUT2D eigenvalue weighted by Gasteiger charge is 2.40. The third kappa shape index (κ3) is 2.16. The second kappa shape index (κ2) is 5.59. The lowest BCUT2D eigenvalue weighted by atomic mass is 10.2. The van der Waals surface area contributed by atoms with Crippen molar-refractivity contribution in [1.29, 1.82) is 0 Å². The zero-order valence-electron chi connectivity index (χ0n) is 14.4. The molecule has 1 saturated heterocycles. The van der Waals surface area contributed by atoms with Crippen molar-refractivity contribution in [3.05, 3.63) is 65.6 Å². The van der Waals surface area contributed by atoms with Crippen LogP contribution >= 0.6 is 0 Å². The Morgan fingerprint density at radius 1 is 1.19 bits per heavy atom. The third-order valence-corrected chi connectivity index (χ3v) is 5.32. The van der Waals surface area contributed by atoms with Crippen LogP contribution in [0.25, 0.3) is 6.08 Å². The van der Waals surface area contributed by atoms with E-state index in [9.17, 15) is 8.78 Å². The first-order valence-electron chi connectivity index (χ1n) is 8.79. The molecule has 0 radical (unpaired) electrons. The zero-order chi connectivity index (χ0) is 17.8. The Morgan fingerprint density at radius 2 is 2.08 bits per heavy atom. The van der Waals surface area contributed by atoms with E-state index < -0.39 is 11.6 Å². The summed E-state index contributed by atoms with van der Waals surface area (Å²) in [6.45, 7) is 3.10. The van der Waals surface area contributed by atoms with Crippen LogP contribution in [0.4, 0.5) is 14.5 Å². The molecular formula is C19H19F2N5. The van der Waals surface area contributed by atoms with E-state index in [1.54, 1.807) is 25.3 Å². The zero-order valence-corrected chi connectivity index (χ0v) is 14.4. The van der Waals surface area contributed by atoms with E-state index >= 15 is 0 Å². The maximum atomic E-state index is 14.7. The van der Waals surface area contributed by atoms with Gasteiger partial charge in [0, 0.05) is 37.0 Å². The van der Waals surface area contributed by atoms with Crippen molar-refractivity contribution in [2.45, 2.75) is 32.7 Å². The number of rotatable bonds is 2. The molecule has 0 spiro atoms. The Morgan fingerprint density at radius 3 is 2.96 bits per heavy atom. The summed E-state index contributed by atoms with van der Waals surface area (Å²) in [5.74, 6) is -0.678. The summed E-state index contributed by atoms with van der Waals surface area (Å²) >= 11 is 0. The van der Waals surface area contributed by atoms with E-state index in [2.05, 4.69) is 14.8 Å². The fraction of sp³-hybridized carbons (Fsp3) is 0.316. The third-order valence-electron chi connectivity index (χ3n) is 5.32. The minimum absolute atomic E-state index is 0.212. The molecule has 134 valence electrons. The molecule has 4 heterocycles. The number of hydrogen-bond donors (Lipinski definition) is 0. The van der Waals surface area contributed by atoms with E-state index in [1.165, 1.54) is 5.70 Å². The molecule has 5 nitrogen and oxygen atoms in total. The average Bonchev–Trinajstić information content (AvgIpc) is 3.34. The van der Waals surface area contributed by atoms with Crippen LogP contribution in [-0.4, -0.2) is 32.2 Å². The van der Waals surface area contributed by atoms with E-state index in [1.807, 2.05) is 34.1 Å². The van der Waals surface area contributed by atoms with Gasteiger partial charge in [0.15, 0.2) is 17.9 Å². The maximum Gasteiger partial charge on any atom is 0.186 e. The molecular weight excluding hydrogens is 336 g/mol. The molecule has 0 amide bonds. The molecule has 0 aliphatic carbocycles. The first-order chi connectivity index (χ1) is 12.6. The first-order valence-corrected chi connectivity index (χ1v) is 8.79. The molecule has 1 fully saturated rings. The van der Waals surface area contributed by atoms with Crippen molar-refractivity contribution in [3.63, 3.8) is 0 Å². The first kappa shape index (κ1) is 15.4. The molecule has 3 aliphatic heterocycles. The number of aromatic nitrogens is 2. The number of halogens is 2. The molecule has 26 heavy (non-hydrogen) atoms. The Balaban J connectivity index is 1.56. The van der Waals surface area contributed by atoms with Crippen molar-refractivity contribution in [1.82, 2.24) is 19.4 Å². The number of benzene rings is 1. The molecule has 3 aliphatic rings. The number of anilines is 1. The lowest BCUT2D eigenvalue weighted by Gasteiger charge is -2.41. The van der Waals surface area contributed by atoms with Gasteiger partial charge in [0.1, 0.15) is 5.82 Å². The molecule has 1 aromatic heterocycles. The van der Waals surface area contributed by atoms with Crippen molar-refractivity contribution in [2.24, 2.45) is 0 Å². The summed E-state index contributed by atoms with van der Waals surface area (Å²) in [7, 11) is 0. The lowest BCUT2D eigenvalue weighted by Crippen LogP contribution is -2.51. The summed E-state index contributed by atoms with van der Waals surface area (Å²) < 4.78 is 30.9. The highest BCUT2D eigenvalue weighted by Crippen LogP contribution is 2.39. The van der Waals surface area contributed by atoms with Crippen molar-refractivity contribution < 1.29 is 8.78 Å². The molecule has 0 saturated carbocycles. The van der Waals surface area contributed by atoms with Gasteiger partial charge in [0.25, 0.3) is 0 Å². The summed E-state index contributed by atoms with van der Waals surface area (Å²) in [5.41, 5.74) is 1.75. The maximum absolute atomic E-state index is 14.7. The molecule has 1 atom stereocenters. The monoisotopic (exact) mass is 355 g/mol. The number of fused-ring (bicyclic) bond motifs is 2. The van der Waals surface area contributed by atoms with Crippen LogP contribution in [-0.2, 0) is 6.67 Å². The van der Waals surface area contributed by atoms with Gasteiger partial charge in [-0.05, 0) is 37.5 Å².